The molecule has 2 nitrogen and oxygen atoms in total. The molecule has 0 amide bonds. The molecule has 19 heavy (non-hydrogen) atoms. The van der Waals surface area contributed by atoms with Crippen molar-refractivity contribution in [1.82, 2.24) is 0 Å². The summed E-state index contributed by atoms with van der Waals surface area (Å²) in [5, 5.41) is -0.0789. The highest BCUT2D eigenvalue weighted by Gasteiger charge is 2.40. The maximum absolute atomic E-state index is 12.0. The number of carbonyl (C=O) groups is 1. The Morgan fingerprint density at radius 2 is 1.63 bits per heavy atom. The van der Waals surface area contributed by atoms with E-state index < -0.39 is 11.7 Å². The number of hydrogen-bond acceptors (Lipinski definition) is 2. The Balaban J connectivity index is 0.000000392. The lowest BCUT2D eigenvalue weighted by Crippen LogP contribution is -3.00. The Morgan fingerprint density at radius 1 is 1.21 bits per heavy atom. The number of rotatable bonds is 0. The van der Waals surface area contributed by atoms with Crippen LogP contribution in [0, 0.1) is 11.8 Å². The van der Waals surface area contributed by atoms with Crippen LogP contribution < -0.4 is 18.1 Å². The second kappa shape index (κ2) is 6.48. The van der Waals surface area contributed by atoms with E-state index in [-0.39, 0.29) is 23.1 Å². The van der Waals surface area contributed by atoms with Gasteiger partial charge in [0.15, 0.2) is 0 Å². The van der Waals surface area contributed by atoms with Gasteiger partial charge in [-0.3, -0.25) is 4.79 Å². The summed E-state index contributed by atoms with van der Waals surface area (Å²) in [7, 11) is 0. The first-order valence-electron chi connectivity index (χ1n) is 5.30. The standard InChI is InChI=1S/C7H5ClF3N.C5H8O.ClH/c8-5-3-4(7(9,10)11)1-2-6(5)12;1-3-4(2)5(3)6;/h1-3H,12H2;3-4H,1-2H3;1H/p-1. The van der Waals surface area contributed by atoms with Crippen LogP contribution in [-0.4, -0.2) is 5.78 Å². The quantitative estimate of drug-likeness (QED) is 0.719. The Bertz CT molecular complexity index is 453. The van der Waals surface area contributed by atoms with Gasteiger partial charge in [-0.2, -0.15) is 13.2 Å². The van der Waals surface area contributed by atoms with Crippen LogP contribution in [0.15, 0.2) is 18.2 Å². The molecule has 2 N–H and O–H groups in total. The minimum absolute atomic E-state index is 0. The molecule has 2 rings (SSSR count). The predicted molar refractivity (Wildman–Crippen MR) is 64.2 cm³/mol. The Kier molecular flexibility index (Phi) is 6.16. The van der Waals surface area contributed by atoms with Gasteiger partial charge in [0.25, 0.3) is 0 Å². The highest BCUT2D eigenvalue weighted by molar-refractivity contribution is 6.33. The molecular formula is C12H13Cl2F3NO-. The van der Waals surface area contributed by atoms with Crippen LogP contribution in [0.2, 0.25) is 5.02 Å². The molecule has 0 bridgehead atoms. The minimum Gasteiger partial charge on any atom is -1.00 e. The van der Waals surface area contributed by atoms with E-state index in [9.17, 15) is 18.0 Å². The van der Waals surface area contributed by atoms with E-state index in [1.807, 2.05) is 13.8 Å². The number of Topliss-reactive ketones (excluding diaryl/α,β-unsaturated/α-hetero) is 1. The maximum Gasteiger partial charge on any atom is 0.416 e. The van der Waals surface area contributed by atoms with Crippen LogP contribution in [0.5, 0.6) is 0 Å². The van der Waals surface area contributed by atoms with Crippen molar-refractivity contribution in [2.24, 2.45) is 11.8 Å². The summed E-state index contributed by atoms with van der Waals surface area (Å²) >= 11 is 5.39. The van der Waals surface area contributed by atoms with Crippen molar-refractivity contribution in [2.45, 2.75) is 20.0 Å². The average Bonchev–Trinajstić information content (AvgIpc) is 2.78. The van der Waals surface area contributed by atoms with Gasteiger partial charge in [0, 0.05) is 11.8 Å². The van der Waals surface area contributed by atoms with Gasteiger partial charge in [0.1, 0.15) is 5.78 Å². The van der Waals surface area contributed by atoms with Crippen molar-refractivity contribution in [3.05, 3.63) is 28.8 Å². The van der Waals surface area contributed by atoms with Crippen molar-refractivity contribution in [2.75, 3.05) is 5.73 Å². The third-order valence-corrected chi connectivity index (χ3v) is 3.19. The molecule has 1 fully saturated rings. The topological polar surface area (TPSA) is 43.1 Å². The lowest BCUT2D eigenvalue weighted by atomic mass is 10.2. The molecule has 1 saturated carbocycles. The van der Waals surface area contributed by atoms with Crippen molar-refractivity contribution in [1.29, 1.82) is 0 Å². The first-order chi connectivity index (χ1) is 8.14. The number of halogens is 5. The molecule has 108 valence electrons. The summed E-state index contributed by atoms with van der Waals surface area (Å²) < 4.78 is 36.0. The van der Waals surface area contributed by atoms with E-state index in [0.29, 0.717) is 17.6 Å². The second-order valence-corrected chi connectivity index (χ2v) is 4.62. The molecule has 1 aromatic carbocycles. The number of ketones is 1. The summed E-state index contributed by atoms with van der Waals surface area (Å²) in [5.74, 6) is 1.19. The lowest BCUT2D eigenvalue weighted by molar-refractivity contribution is -0.137. The fraction of sp³-hybridized carbons (Fsp3) is 0.417. The summed E-state index contributed by atoms with van der Waals surface area (Å²) in [6.07, 6.45) is -4.36. The molecule has 1 aliphatic carbocycles. The summed E-state index contributed by atoms with van der Waals surface area (Å²) in [5.41, 5.74) is 4.59. The van der Waals surface area contributed by atoms with E-state index >= 15 is 0 Å². The van der Waals surface area contributed by atoms with Crippen LogP contribution in [0.4, 0.5) is 18.9 Å². The maximum atomic E-state index is 12.0. The van der Waals surface area contributed by atoms with Gasteiger partial charge in [-0.25, -0.2) is 0 Å². The van der Waals surface area contributed by atoms with E-state index in [1.165, 1.54) is 0 Å². The second-order valence-electron chi connectivity index (χ2n) is 4.21. The third-order valence-electron chi connectivity index (χ3n) is 2.87. The van der Waals surface area contributed by atoms with Crippen molar-refractivity contribution in [3.63, 3.8) is 0 Å². The zero-order valence-corrected chi connectivity index (χ0v) is 11.8. The summed E-state index contributed by atoms with van der Waals surface area (Å²) in [6.45, 7) is 3.93. The van der Waals surface area contributed by atoms with E-state index in [1.54, 1.807) is 0 Å². The molecule has 2 unspecified atom stereocenters. The number of nitrogens with two attached hydrogens (primary N) is 1. The number of anilines is 1. The molecule has 1 aliphatic rings. The van der Waals surface area contributed by atoms with Crippen molar-refractivity contribution in [3.8, 4) is 0 Å². The molecule has 0 saturated heterocycles. The average molecular weight is 315 g/mol. The van der Waals surface area contributed by atoms with Crippen LogP contribution in [0.25, 0.3) is 0 Å². The highest BCUT2D eigenvalue weighted by atomic mass is 35.5. The molecule has 0 spiro atoms. The van der Waals surface area contributed by atoms with E-state index in [0.717, 1.165) is 18.2 Å². The molecule has 7 heteroatoms. The van der Waals surface area contributed by atoms with E-state index in [4.69, 9.17) is 17.3 Å². The molecular weight excluding hydrogens is 302 g/mol. The van der Waals surface area contributed by atoms with Gasteiger partial charge < -0.3 is 18.1 Å². The first-order valence-corrected chi connectivity index (χ1v) is 5.68. The molecule has 0 heterocycles. The van der Waals surface area contributed by atoms with Gasteiger partial charge in [-0.05, 0) is 18.2 Å². The molecule has 2 atom stereocenters. The number of carbonyl (C=O) groups excluding carboxylic acids is 1. The zero-order valence-electron chi connectivity index (χ0n) is 10.3. The van der Waals surface area contributed by atoms with E-state index in [2.05, 4.69) is 0 Å². The number of hydrogen-bond donors (Lipinski definition) is 1. The van der Waals surface area contributed by atoms with Crippen LogP contribution >= 0.6 is 11.6 Å². The minimum atomic E-state index is -4.36. The predicted octanol–water partition coefficient (Wildman–Crippen LogP) is 0.786. The van der Waals surface area contributed by atoms with Crippen molar-refractivity contribution < 1.29 is 30.4 Å². The normalized spacial score (nSPS) is 21.1. The Labute approximate surface area is 120 Å². The number of nitrogen functional groups attached to an aromatic ring is 1. The van der Waals surface area contributed by atoms with Gasteiger partial charge in [0.2, 0.25) is 0 Å². The smallest absolute Gasteiger partial charge is 0.416 e. The van der Waals surface area contributed by atoms with Crippen molar-refractivity contribution >= 4 is 23.1 Å². The summed E-state index contributed by atoms with van der Waals surface area (Å²) in [4.78, 5) is 10.2. The molecule has 1 aromatic rings. The van der Waals surface area contributed by atoms with Gasteiger partial charge >= 0.3 is 6.18 Å². The monoisotopic (exact) mass is 314 g/mol. The summed E-state index contributed by atoms with van der Waals surface area (Å²) in [6, 6.07) is 2.82. The third kappa shape index (κ3) is 4.91. The zero-order chi connectivity index (χ0) is 14.1. The fourth-order valence-electron chi connectivity index (χ4n) is 1.23. The molecule has 0 aliphatic heterocycles. The molecule has 0 aromatic heterocycles. The molecule has 0 radical (unpaired) electrons. The van der Waals surface area contributed by atoms with Gasteiger partial charge in [-0.15, -0.1) is 0 Å². The van der Waals surface area contributed by atoms with Crippen LogP contribution in [-0.2, 0) is 11.0 Å². The van der Waals surface area contributed by atoms with Crippen LogP contribution in [0.1, 0.15) is 19.4 Å². The largest absolute Gasteiger partial charge is 1.00 e. The number of alkyl halides is 3. The lowest BCUT2D eigenvalue weighted by Gasteiger charge is -2.07. The SMILES string of the molecule is CC1C(=O)C1C.Nc1ccc(C(F)(F)F)cc1Cl.[Cl-]. The first kappa shape index (κ1) is 18.1. The highest BCUT2D eigenvalue weighted by Crippen LogP contribution is 2.32. The van der Waals surface area contributed by atoms with Gasteiger partial charge in [0.05, 0.1) is 16.3 Å². The number of benzene rings is 1. The Hall–Kier alpha value is -0.940. The van der Waals surface area contributed by atoms with Crippen LogP contribution in [0.3, 0.4) is 0 Å². The fourth-order valence-corrected chi connectivity index (χ4v) is 1.41. The Morgan fingerprint density at radius 3 is 1.89 bits per heavy atom. The van der Waals surface area contributed by atoms with Gasteiger partial charge in [-0.1, -0.05) is 25.4 Å².